The summed E-state index contributed by atoms with van der Waals surface area (Å²) in [6.45, 7) is 0. The predicted octanol–water partition coefficient (Wildman–Crippen LogP) is 1.59. The SMILES string of the molecule is Nc1c(C(=O)O)[nH]c2cccc(F)c12. The normalized spacial score (nSPS) is 10.6. The topological polar surface area (TPSA) is 79.1 Å². The third kappa shape index (κ3) is 1.02. The second kappa shape index (κ2) is 2.73. The summed E-state index contributed by atoms with van der Waals surface area (Å²) in [6, 6.07) is 4.29. The lowest BCUT2D eigenvalue weighted by molar-refractivity contribution is 0.0692. The Morgan fingerprint density at radius 3 is 2.79 bits per heavy atom. The summed E-state index contributed by atoms with van der Waals surface area (Å²) in [5.74, 6) is -1.72. The van der Waals surface area contributed by atoms with Crippen LogP contribution in [0.2, 0.25) is 0 Å². The molecule has 0 saturated carbocycles. The number of rotatable bonds is 1. The summed E-state index contributed by atoms with van der Waals surface area (Å²) < 4.78 is 13.2. The minimum absolute atomic E-state index is 0.0643. The molecule has 0 atom stereocenters. The van der Waals surface area contributed by atoms with Gasteiger partial charge in [-0.25, -0.2) is 9.18 Å². The number of nitrogens with two attached hydrogens (primary N) is 1. The molecular weight excluding hydrogens is 187 g/mol. The molecule has 1 aromatic carbocycles. The molecular formula is C9H7FN2O2. The fourth-order valence-corrected chi connectivity index (χ4v) is 1.40. The van der Waals surface area contributed by atoms with Crippen molar-refractivity contribution in [2.45, 2.75) is 0 Å². The van der Waals surface area contributed by atoms with E-state index in [1.165, 1.54) is 12.1 Å². The lowest BCUT2D eigenvalue weighted by atomic mass is 10.2. The van der Waals surface area contributed by atoms with Crippen molar-refractivity contribution in [1.82, 2.24) is 4.98 Å². The number of H-pyrrole nitrogens is 1. The van der Waals surface area contributed by atoms with Crippen molar-refractivity contribution in [2.75, 3.05) is 5.73 Å². The Morgan fingerprint density at radius 2 is 2.21 bits per heavy atom. The molecule has 72 valence electrons. The van der Waals surface area contributed by atoms with Crippen LogP contribution in [0.4, 0.5) is 10.1 Å². The van der Waals surface area contributed by atoms with Crippen molar-refractivity contribution in [2.24, 2.45) is 0 Å². The summed E-state index contributed by atoms with van der Waals surface area (Å²) in [5, 5.41) is 8.85. The summed E-state index contributed by atoms with van der Waals surface area (Å²) >= 11 is 0. The van der Waals surface area contributed by atoms with Crippen molar-refractivity contribution in [3.63, 3.8) is 0 Å². The summed E-state index contributed by atoms with van der Waals surface area (Å²) in [7, 11) is 0. The van der Waals surface area contributed by atoms with E-state index >= 15 is 0 Å². The van der Waals surface area contributed by atoms with E-state index in [1.54, 1.807) is 6.07 Å². The number of carbonyl (C=O) groups is 1. The van der Waals surface area contributed by atoms with Crippen LogP contribution in [0, 0.1) is 5.82 Å². The van der Waals surface area contributed by atoms with Gasteiger partial charge >= 0.3 is 5.97 Å². The van der Waals surface area contributed by atoms with Gasteiger partial charge in [0.05, 0.1) is 16.6 Å². The number of aromatic nitrogens is 1. The lowest BCUT2D eigenvalue weighted by Gasteiger charge is -1.93. The zero-order valence-electron chi connectivity index (χ0n) is 7.04. The molecule has 0 aliphatic rings. The van der Waals surface area contributed by atoms with Crippen LogP contribution in [0.1, 0.15) is 10.5 Å². The summed E-state index contributed by atoms with van der Waals surface area (Å²) in [5.41, 5.74) is 5.64. The first-order chi connectivity index (χ1) is 6.61. The molecule has 0 bridgehead atoms. The van der Waals surface area contributed by atoms with Crippen LogP contribution in [0.25, 0.3) is 10.9 Å². The molecule has 0 aliphatic carbocycles. The molecule has 2 rings (SSSR count). The highest BCUT2D eigenvalue weighted by Gasteiger charge is 2.16. The van der Waals surface area contributed by atoms with Gasteiger partial charge in [-0.05, 0) is 12.1 Å². The van der Waals surface area contributed by atoms with Crippen LogP contribution in [0.3, 0.4) is 0 Å². The van der Waals surface area contributed by atoms with Gasteiger partial charge in [0.2, 0.25) is 0 Å². The van der Waals surface area contributed by atoms with E-state index in [4.69, 9.17) is 10.8 Å². The van der Waals surface area contributed by atoms with Gasteiger partial charge < -0.3 is 15.8 Å². The average molecular weight is 194 g/mol. The number of anilines is 1. The fourth-order valence-electron chi connectivity index (χ4n) is 1.40. The maximum Gasteiger partial charge on any atom is 0.354 e. The van der Waals surface area contributed by atoms with Crippen molar-refractivity contribution >= 4 is 22.6 Å². The Labute approximate surface area is 78.1 Å². The molecule has 0 radical (unpaired) electrons. The Morgan fingerprint density at radius 1 is 1.50 bits per heavy atom. The highest BCUT2D eigenvalue weighted by Crippen LogP contribution is 2.26. The number of nitrogens with one attached hydrogen (secondary N) is 1. The third-order valence-corrected chi connectivity index (χ3v) is 2.03. The van der Waals surface area contributed by atoms with Crippen molar-refractivity contribution in [1.29, 1.82) is 0 Å². The van der Waals surface area contributed by atoms with Gasteiger partial charge in [0, 0.05) is 0 Å². The Balaban J connectivity index is 2.87. The molecule has 0 unspecified atom stereocenters. The number of nitrogen functional groups attached to an aromatic ring is 1. The molecule has 0 fully saturated rings. The van der Waals surface area contributed by atoms with Crippen molar-refractivity contribution in [3.05, 3.63) is 29.7 Å². The maximum atomic E-state index is 13.2. The Hall–Kier alpha value is -2.04. The van der Waals surface area contributed by atoms with Gasteiger partial charge in [-0.15, -0.1) is 0 Å². The number of carboxylic acids is 1. The van der Waals surface area contributed by atoms with E-state index in [-0.39, 0.29) is 16.8 Å². The van der Waals surface area contributed by atoms with E-state index in [9.17, 15) is 9.18 Å². The van der Waals surface area contributed by atoms with Gasteiger partial charge in [-0.1, -0.05) is 6.07 Å². The Bertz CT molecular complexity index is 519. The van der Waals surface area contributed by atoms with Crippen LogP contribution in [0.15, 0.2) is 18.2 Å². The smallest absolute Gasteiger partial charge is 0.354 e. The number of carboxylic acid groups (broad SMARTS) is 1. The van der Waals surface area contributed by atoms with E-state index in [0.29, 0.717) is 5.52 Å². The van der Waals surface area contributed by atoms with Crippen LogP contribution in [-0.2, 0) is 0 Å². The zero-order chi connectivity index (χ0) is 10.3. The van der Waals surface area contributed by atoms with E-state index in [2.05, 4.69) is 4.98 Å². The first-order valence-electron chi connectivity index (χ1n) is 3.90. The van der Waals surface area contributed by atoms with Crippen molar-refractivity contribution in [3.8, 4) is 0 Å². The molecule has 0 spiro atoms. The average Bonchev–Trinajstić information content (AvgIpc) is 2.45. The number of benzene rings is 1. The minimum Gasteiger partial charge on any atom is -0.477 e. The lowest BCUT2D eigenvalue weighted by Crippen LogP contribution is -2.00. The van der Waals surface area contributed by atoms with Gasteiger partial charge in [0.1, 0.15) is 11.5 Å². The zero-order valence-corrected chi connectivity index (χ0v) is 7.04. The molecule has 0 aliphatic heterocycles. The second-order valence-electron chi connectivity index (χ2n) is 2.88. The monoisotopic (exact) mass is 194 g/mol. The highest BCUT2D eigenvalue weighted by molar-refractivity contribution is 6.04. The molecule has 2 aromatic rings. The fraction of sp³-hybridized carbons (Fsp3) is 0. The second-order valence-corrected chi connectivity index (χ2v) is 2.88. The number of halogens is 1. The van der Waals surface area contributed by atoms with E-state index in [0.717, 1.165) is 0 Å². The molecule has 4 N–H and O–H groups in total. The van der Waals surface area contributed by atoms with Crippen LogP contribution >= 0.6 is 0 Å². The molecule has 0 amide bonds. The molecule has 4 nitrogen and oxygen atoms in total. The van der Waals surface area contributed by atoms with Gasteiger partial charge in [0.15, 0.2) is 0 Å². The molecule has 1 heterocycles. The minimum atomic E-state index is -1.20. The van der Waals surface area contributed by atoms with Gasteiger partial charge in [0.25, 0.3) is 0 Å². The number of aromatic carboxylic acids is 1. The van der Waals surface area contributed by atoms with Gasteiger partial charge in [-0.2, -0.15) is 0 Å². The number of aromatic amines is 1. The number of hydrogen-bond acceptors (Lipinski definition) is 2. The first kappa shape index (κ1) is 8.55. The quantitative estimate of drug-likeness (QED) is 0.644. The van der Waals surface area contributed by atoms with Crippen LogP contribution < -0.4 is 5.73 Å². The molecule has 5 heteroatoms. The third-order valence-electron chi connectivity index (χ3n) is 2.03. The Kier molecular flexibility index (Phi) is 1.67. The summed E-state index contributed by atoms with van der Waals surface area (Å²) in [4.78, 5) is 13.2. The van der Waals surface area contributed by atoms with Crippen LogP contribution in [0.5, 0.6) is 0 Å². The van der Waals surface area contributed by atoms with E-state index in [1.807, 2.05) is 0 Å². The molecule has 0 saturated heterocycles. The first-order valence-corrected chi connectivity index (χ1v) is 3.90. The van der Waals surface area contributed by atoms with Crippen molar-refractivity contribution < 1.29 is 14.3 Å². The highest BCUT2D eigenvalue weighted by atomic mass is 19.1. The van der Waals surface area contributed by atoms with Gasteiger partial charge in [-0.3, -0.25) is 0 Å². The molecule has 14 heavy (non-hydrogen) atoms. The number of fused-ring (bicyclic) bond motifs is 1. The number of hydrogen-bond donors (Lipinski definition) is 3. The summed E-state index contributed by atoms with van der Waals surface area (Å²) in [6.07, 6.45) is 0. The van der Waals surface area contributed by atoms with E-state index < -0.39 is 11.8 Å². The largest absolute Gasteiger partial charge is 0.477 e. The standard InChI is InChI=1S/C9H7FN2O2/c10-4-2-1-3-5-6(4)7(11)8(12-5)9(13)14/h1-3,12H,11H2,(H,13,14). The molecule has 1 aromatic heterocycles. The van der Waals surface area contributed by atoms with Crippen LogP contribution in [-0.4, -0.2) is 16.1 Å². The predicted molar refractivity (Wildman–Crippen MR) is 49.6 cm³/mol. The maximum absolute atomic E-state index is 13.2.